The lowest BCUT2D eigenvalue weighted by Crippen LogP contribution is -2.42. The van der Waals surface area contributed by atoms with Gasteiger partial charge in [0.15, 0.2) is 0 Å². The topological polar surface area (TPSA) is 88.1 Å². The molecule has 0 bridgehead atoms. The number of nitrogens with zero attached hydrogens (tertiary/aromatic N) is 1. The summed E-state index contributed by atoms with van der Waals surface area (Å²) >= 11 is 0. The second-order valence-corrected chi connectivity index (χ2v) is 9.57. The zero-order chi connectivity index (χ0) is 25.3. The molecule has 1 aliphatic rings. The third-order valence-corrected chi connectivity index (χ3v) is 5.80. The third kappa shape index (κ3) is 5.47. The molecular weight excluding hydrogens is 446 g/mol. The first kappa shape index (κ1) is 25.4. The van der Waals surface area contributed by atoms with E-state index in [1.165, 1.54) is 31.2 Å². The van der Waals surface area contributed by atoms with E-state index in [4.69, 9.17) is 4.74 Å². The van der Waals surface area contributed by atoms with Crippen molar-refractivity contribution >= 4 is 11.9 Å². The first-order chi connectivity index (χ1) is 15.8. The summed E-state index contributed by atoms with van der Waals surface area (Å²) in [5, 5.41) is 13.1. The first-order valence-electron chi connectivity index (χ1n) is 10.9. The van der Waals surface area contributed by atoms with Gasteiger partial charge in [0.1, 0.15) is 29.7 Å². The van der Waals surface area contributed by atoms with E-state index in [-0.39, 0.29) is 24.3 Å². The van der Waals surface area contributed by atoms with E-state index in [1.54, 1.807) is 0 Å². The Morgan fingerprint density at radius 1 is 1.12 bits per heavy atom. The van der Waals surface area contributed by atoms with Crippen LogP contribution in [0.5, 0.6) is 11.5 Å². The number of carbonyl (C=O) groups is 2. The highest BCUT2D eigenvalue weighted by molar-refractivity contribution is 6.07. The van der Waals surface area contributed by atoms with E-state index in [0.717, 1.165) is 16.0 Å². The molecule has 1 fully saturated rings. The number of amides is 3. The van der Waals surface area contributed by atoms with E-state index >= 15 is 0 Å². The minimum absolute atomic E-state index is 0.00477. The van der Waals surface area contributed by atoms with Crippen molar-refractivity contribution in [2.75, 3.05) is 13.2 Å². The number of imide groups is 1. The second kappa shape index (κ2) is 9.58. The molecule has 0 spiro atoms. The zero-order valence-corrected chi connectivity index (χ0v) is 19.9. The Morgan fingerprint density at radius 3 is 2.32 bits per heavy atom. The van der Waals surface area contributed by atoms with E-state index in [0.29, 0.717) is 11.3 Å². The molecule has 184 valence electrons. The maximum Gasteiger partial charge on any atom is 0.387 e. The van der Waals surface area contributed by atoms with Gasteiger partial charge in [0, 0.05) is 0 Å². The van der Waals surface area contributed by atoms with Crippen molar-refractivity contribution in [3.8, 4) is 11.5 Å². The smallest absolute Gasteiger partial charge is 0.387 e. The lowest BCUT2D eigenvalue weighted by Gasteiger charge is -2.24. The summed E-state index contributed by atoms with van der Waals surface area (Å²) in [5.41, 5.74) is 1.07. The molecule has 2 atom stereocenters. The molecule has 7 nitrogen and oxygen atoms in total. The number of β-amino-alcohol motifs (C(OH)–C–C–N with tert-alkyl or cyclic N) is 1. The van der Waals surface area contributed by atoms with E-state index in [2.05, 4.69) is 30.8 Å². The predicted octanol–water partition coefficient (Wildman–Crippen LogP) is 4.10. The zero-order valence-electron chi connectivity index (χ0n) is 19.9. The van der Waals surface area contributed by atoms with Crippen LogP contribution in [0.15, 0.2) is 42.5 Å². The fourth-order valence-electron chi connectivity index (χ4n) is 3.76. The molecule has 1 saturated heterocycles. The molecule has 0 aliphatic carbocycles. The number of ether oxygens (including phenoxy) is 2. The number of carbonyl (C=O) groups excluding carboxylic acids is 2. The summed E-state index contributed by atoms with van der Waals surface area (Å²) in [6, 6.07) is 10.6. The van der Waals surface area contributed by atoms with Crippen LogP contribution in [0.4, 0.5) is 13.6 Å². The van der Waals surface area contributed by atoms with Gasteiger partial charge < -0.3 is 19.9 Å². The molecule has 0 radical (unpaired) electrons. The molecule has 0 saturated carbocycles. The molecule has 0 aromatic heterocycles. The molecule has 2 N–H and O–H groups in total. The van der Waals surface area contributed by atoms with Crippen LogP contribution in [0.2, 0.25) is 0 Å². The Bertz CT molecular complexity index is 1050. The second-order valence-electron chi connectivity index (χ2n) is 9.57. The maximum atomic E-state index is 13.0. The van der Waals surface area contributed by atoms with Crippen LogP contribution >= 0.6 is 0 Å². The summed E-state index contributed by atoms with van der Waals surface area (Å²) < 4.78 is 34.8. The Morgan fingerprint density at radius 2 is 1.76 bits per heavy atom. The summed E-state index contributed by atoms with van der Waals surface area (Å²) in [6.45, 7) is 6.44. The molecular formula is C25H30F2N2O5. The Kier molecular flexibility index (Phi) is 7.16. The Balaban J connectivity index is 1.63. The number of aliphatic hydroxyl groups excluding tert-OH is 1. The van der Waals surface area contributed by atoms with Gasteiger partial charge in [0.05, 0.1) is 6.54 Å². The number of urea groups is 1. The molecule has 9 heteroatoms. The first-order valence-corrected chi connectivity index (χ1v) is 10.9. The van der Waals surface area contributed by atoms with Crippen LogP contribution < -0.4 is 14.8 Å². The van der Waals surface area contributed by atoms with Gasteiger partial charge >= 0.3 is 12.6 Å². The Hall–Kier alpha value is -3.20. The molecule has 2 unspecified atom stereocenters. The van der Waals surface area contributed by atoms with Gasteiger partial charge in [-0.1, -0.05) is 45.0 Å². The molecule has 2 aromatic rings. The van der Waals surface area contributed by atoms with Crippen LogP contribution in [0.25, 0.3) is 0 Å². The quantitative estimate of drug-likeness (QED) is 0.560. The summed E-state index contributed by atoms with van der Waals surface area (Å²) in [5.74, 6) is -0.0145. The average Bonchev–Trinajstić information content (AvgIpc) is 2.96. The monoisotopic (exact) mass is 476 g/mol. The predicted molar refractivity (Wildman–Crippen MR) is 122 cm³/mol. The number of alkyl halides is 2. The van der Waals surface area contributed by atoms with Gasteiger partial charge in [0.25, 0.3) is 5.91 Å². The lowest BCUT2D eigenvalue weighted by atomic mass is 9.86. The molecule has 1 heterocycles. The van der Waals surface area contributed by atoms with Crippen molar-refractivity contribution in [3.63, 3.8) is 0 Å². The number of hydrogen-bond donors (Lipinski definition) is 2. The molecule has 2 aromatic carbocycles. The normalized spacial score (nSPS) is 19.4. The van der Waals surface area contributed by atoms with E-state index < -0.39 is 30.2 Å². The number of hydrogen-bond acceptors (Lipinski definition) is 5. The maximum absolute atomic E-state index is 13.0. The van der Waals surface area contributed by atoms with Gasteiger partial charge in [-0.15, -0.1) is 0 Å². The lowest BCUT2D eigenvalue weighted by molar-refractivity contribution is -0.132. The van der Waals surface area contributed by atoms with Crippen LogP contribution in [0, 0.1) is 6.92 Å². The van der Waals surface area contributed by atoms with E-state index in [9.17, 15) is 23.5 Å². The standard InChI is InChI=1S/C25H30F2N2O5/c1-15-12-17(24(2,3)4)8-11-20(15)33-14-18(30)13-29-21(31)25(5,28-23(29)32)16-6-9-19(10-7-16)34-22(26)27/h6-12,18,22,30H,13-14H2,1-5H3,(H,28,32). The Labute approximate surface area is 197 Å². The summed E-state index contributed by atoms with van der Waals surface area (Å²) in [6.07, 6.45) is -1.11. The highest BCUT2D eigenvalue weighted by Crippen LogP contribution is 2.31. The highest BCUT2D eigenvalue weighted by atomic mass is 19.3. The van der Waals surface area contributed by atoms with Gasteiger partial charge in [0.2, 0.25) is 0 Å². The van der Waals surface area contributed by atoms with Crippen LogP contribution in [-0.2, 0) is 15.7 Å². The van der Waals surface area contributed by atoms with Crippen LogP contribution in [0.1, 0.15) is 44.4 Å². The largest absolute Gasteiger partial charge is 0.491 e. The number of benzene rings is 2. The SMILES string of the molecule is Cc1cc(C(C)(C)C)ccc1OCC(O)CN1C(=O)NC(C)(c2ccc(OC(F)F)cc2)C1=O. The van der Waals surface area contributed by atoms with Crippen molar-refractivity contribution in [1.29, 1.82) is 0 Å². The summed E-state index contributed by atoms with van der Waals surface area (Å²) in [7, 11) is 0. The van der Waals surface area contributed by atoms with Crippen molar-refractivity contribution in [2.45, 2.75) is 58.3 Å². The fraction of sp³-hybridized carbons (Fsp3) is 0.440. The van der Waals surface area contributed by atoms with Gasteiger partial charge in [-0.3, -0.25) is 9.69 Å². The molecule has 1 aliphatic heterocycles. The highest BCUT2D eigenvalue weighted by Gasteiger charge is 2.49. The third-order valence-electron chi connectivity index (χ3n) is 5.80. The number of rotatable bonds is 8. The minimum atomic E-state index is -2.96. The molecule has 34 heavy (non-hydrogen) atoms. The fourth-order valence-corrected chi connectivity index (χ4v) is 3.76. The summed E-state index contributed by atoms with van der Waals surface area (Å²) in [4.78, 5) is 26.5. The van der Waals surface area contributed by atoms with Gasteiger partial charge in [-0.25, -0.2) is 4.79 Å². The number of nitrogens with one attached hydrogen (secondary N) is 1. The van der Waals surface area contributed by atoms with Crippen LogP contribution in [-0.4, -0.2) is 47.8 Å². The van der Waals surface area contributed by atoms with Crippen molar-refractivity contribution < 1.29 is 33.0 Å². The average molecular weight is 477 g/mol. The van der Waals surface area contributed by atoms with Crippen molar-refractivity contribution in [2.24, 2.45) is 0 Å². The van der Waals surface area contributed by atoms with Crippen molar-refractivity contribution in [3.05, 3.63) is 59.2 Å². The van der Waals surface area contributed by atoms with Gasteiger partial charge in [-0.2, -0.15) is 8.78 Å². The number of halogens is 2. The molecule has 3 rings (SSSR count). The number of aryl methyl sites for hydroxylation is 1. The van der Waals surface area contributed by atoms with E-state index in [1.807, 2.05) is 25.1 Å². The number of aliphatic hydroxyl groups is 1. The van der Waals surface area contributed by atoms with Crippen LogP contribution in [0.3, 0.4) is 0 Å². The van der Waals surface area contributed by atoms with Gasteiger partial charge in [-0.05, 0) is 54.2 Å². The molecule has 3 amide bonds. The minimum Gasteiger partial charge on any atom is -0.491 e. The van der Waals surface area contributed by atoms with Crippen molar-refractivity contribution in [1.82, 2.24) is 10.2 Å².